The van der Waals surface area contributed by atoms with Crippen molar-refractivity contribution < 1.29 is 17.9 Å². The number of esters is 1. The molecular formula is C9H15NO4S. The Morgan fingerprint density at radius 2 is 2.27 bits per heavy atom. The maximum atomic E-state index is 11.7. The van der Waals surface area contributed by atoms with Gasteiger partial charge < -0.3 is 10.1 Å². The first kappa shape index (κ1) is 10.9. The van der Waals surface area contributed by atoms with Gasteiger partial charge in [0.2, 0.25) is 0 Å². The molecule has 6 heteroatoms. The van der Waals surface area contributed by atoms with Crippen LogP contribution in [0.5, 0.6) is 0 Å². The van der Waals surface area contributed by atoms with E-state index in [1.165, 1.54) is 7.11 Å². The molecule has 0 amide bonds. The SMILES string of the molecule is COC(=O)C12CCCNC1CS(=O)(=O)C2. The van der Waals surface area contributed by atoms with Crippen molar-refractivity contribution in [2.45, 2.75) is 18.9 Å². The molecule has 86 valence electrons. The molecular weight excluding hydrogens is 218 g/mol. The Balaban J connectivity index is 2.37. The molecule has 0 bridgehead atoms. The number of rotatable bonds is 1. The zero-order valence-electron chi connectivity index (χ0n) is 8.65. The van der Waals surface area contributed by atoms with E-state index in [0.717, 1.165) is 13.0 Å². The van der Waals surface area contributed by atoms with E-state index in [1.807, 2.05) is 0 Å². The Labute approximate surface area is 89.1 Å². The lowest BCUT2D eigenvalue weighted by molar-refractivity contribution is -0.154. The summed E-state index contributed by atoms with van der Waals surface area (Å²) >= 11 is 0. The van der Waals surface area contributed by atoms with E-state index in [-0.39, 0.29) is 23.5 Å². The highest BCUT2D eigenvalue weighted by Gasteiger charge is 2.56. The third kappa shape index (κ3) is 1.65. The molecule has 0 aromatic carbocycles. The van der Waals surface area contributed by atoms with Crippen LogP contribution >= 0.6 is 0 Å². The van der Waals surface area contributed by atoms with Crippen LogP contribution in [0.4, 0.5) is 0 Å². The maximum Gasteiger partial charge on any atom is 0.314 e. The van der Waals surface area contributed by atoms with E-state index in [0.29, 0.717) is 6.42 Å². The molecule has 0 aliphatic carbocycles. The first-order valence-corrected chi connectivity index (χ1v) is 6.84. The van der Waals surface area contributed by atoms with Gasteiger partial charge in [0.15, 0.2) is 9.84 Å². The molecule has 2 aliphatic rings. The van der Waals surface area contributed by atoms with Gasteiger partial charge in [0.1, 0.15) is 0 Å². The highest BCUT2D eigenvalue weighted by molar-refractivity contribution is 7.91. The lowest BCUT2D eigenvalue weighted by atomic mass is 9.76. The molecule has 0 radical (unpaired) electrons. The highest BCUT2D eigenvalue weighted by Crippen LogP contribution is 2.40. The number of carbonyl (C=O) groups excluding carboxylic acids is 1. The van der Waals surface area contributed by atoms with Crippen molar-refractivity contribution in [2.75, 3.05) is 25.2 Å². The van der Waals surface area contributed by atoms with Crippen LogP contribution in [0, 0.1) is 5.41 Å². The van der Waals surface area contributed by atoms with Crippen LogP contribution in [-0.4, -0.2) is 45.6 Å². The van der Waals surface area contributed by atoms with E-state index in [4.69, 9.17) is 4.74 Å². The summed E-state index contributed by atoms with van der Waals surface area (Å²) in [5.74, 6) is -0.396. The van der Waals surface area contributed by atoms with Crippen LogP contribution in [0.1, 0.15) is 12.8 Å². The zero-order chi connectivity index (χ0) is 11.1. The van der Waals surface area contributed by atoms with Crippen molar-refractivity contribution in [3.05, 3.63) is 0 Å². The predicted octanol–water partition coefficient (Wildman–Crippen LogP) is -0.674. The summed E-state index contributed by atoms with van der Waals surface area (Å²) < 4.78 is 27.9. The standard InChI is InChI=1S/C9H15NO4S/c1-14-8(11)9-3-2-4-10-7(9)5-15(12,13)6-9/h7,10H,2-6H2,1H3. The van der Waals surface area contributed by atoms with Gasteiger partial charge >= 0.3 is 5.97 Å². The van der Waals surface area contributed by atoms with Crippen LogP contribution in [0.2, 0.25) is 0 Å². The number of hydrogen-bond acceptors (Lipinski definition) is 5. The average molecular weight is 233 g/mol. The molecule has 2 rings (SSSR count). The van der Waals surface area contributed by atoms with E-state index in [2.05, 4.69) is 5.32 Å². The number of nitrogens with one attached hydrogen (secondary N) is 1. The summed E-state index contributed by atoms with van der Waals surface area (Å²) in [5, 5.41) is 3.11. The number of fused-ring (bicyclic) bond motifs is 1. The maximum absolute atomic E-state index is 11.7. The van der Waals surface area contributed by atoms with Crippen molar-refractivity contribution in [3.63, 3.8) is 0 Å². The quantitative estimate of drug-likeness (QED) is 0.608. The molecule has 2 atom stereocenters. The molecule has 2 fully saturated rings. The fourth-order valence-corrected chi connectivity index (χ4v) is 4.96. The second kappa shape index (κ2) is 3.45. The summed E-state index contributed by atoms with van der Waals surface area (Å²) in [6.07, 6.45) is 1.43. The lowest BCUT2D eigenvalue weighted by Gasteiger charge is -2.35. The Kier molecular flexibility index (Phi) is 2.50. The third-order valence-electron chi connectivity index (χ3n) is 3.35. The minimum absolute atomic E-state index is 0.0576. The number of carbonyl (C=O) groups is 1. The number of hydrogen-bond donors (Lipinski definition) is 1. The minimum atomic E-state index is -3.11. The molecule has 2 heterocycles. The predicted molar refractivity (Wildman–Crippen MR) is 54.1 cm³/mol. The van der Waals surface area contributed by atoms with Gasteiger partial charge in [0, 0.05) is 6.04 Å². The Morgan fingerprint density at radius 1 is 1.53 bits per heavy atom. The van der Waals surface area contributed by atoms with Gasteiger partial charge in [-0.2, -0.15) is 0 Å². The second-order valence-electron chi connectivity index (χ2n) is 4.31. The number of methoxy groups -OCH3 is 1. The monoisotopic (exact) mass is 233 g/mol. The van der Waals surface area contributed by atoms with E-state index >= 15 is 0 Å². The number of ether oxygens (including phenoxy) is 1. The van der Waals surface area contributed by atoms with Crippen molar-refractivity contribution >= 4 is 15.8 Å². The molecule has 2 aliphatic heterocycles. The molecule has 0 aromatic heterocycles. The van der Waals surface area contributed by atoms with Gasteiger partial charge in [-0.15, -0.1) is 0 Å². The van der Waals surface area contributed by atoms with Crippen molar-refractivity contribution in [2.24, 2.45) is 5.41 Å². The molecule has 2 saturated heterocycles. The van der Waals surface area contributed by atoms with Crippen LogP contribution < -0.4 is 5.32 Å². The van der Waals surface area contributed by atoms with Gasteiger partial charge in [-0.05, 0) is 19.4 Å². The van der Waals surface area contributed by atoms with Gasteiger partial charge in [-0.25, -0.2) is 8.42 Å². The smallest absolute Gasteiger partial charge is 0.314 e. The van der Waals surface area contributed by atoms with Crippen LogP contribution in [-0.2, 0) is 19.4 Å². The largest absolute Gasteiger partial charge is 0.469 e. The number of sulfone groups is 1. The van der Waals surface area contributed by atoms with Crippen molar-refractivity contribution in [1.82, 2.24) is 5.32 Å². The minimum Gasteiger partial charge on any atom is -0.469 e. The second-order valence-corrected chi connectivity index (χ2v) is 6.42. The van der Waals surface area contributed by atoms with E-state index in [1.54, 1.807) is 0 Å². The van der Waals surface area contributed by atoms with Crippen LogP contribution in [0.15, 0.2) is 0 Å². The first-order chi connectivity index (χ1) is 7.00. The summed E-state index contributed by atoms with van der Waals surface area (Å²) in [6, 6.07) is -0.260. The first-order valence-electron chi connectivity index (χ1n) is 5.02. The summed E-state index contributed by atoms with van der Waals surface area (Å²) in [4.78, 5) is 11.7. The van der Waals surface area contributed by atoms with Gasteiger partial charge in [0.25, 0.3) is 0 Å². The van der Waals surface area contributed by atoms with E-state index in [9.17, 15) is 13.2 Å². The van der Waals surface area contributed by atoms with Crippen molar-refractivity contribution in [1.29, 1.82) is 0 Å². The van der Waals surface area contributed by atoms with E-state index < -0.39 is 15.3 Å². The topological polar surface area (TPSA) is 72.5 Å². The molecule has 0 spiro atoms. The molecule has 5 nitrogen and oxygen atoms in total. The molecule has 15 heavy (non-hydrogen) atoms. The summed E-state index contributed by atoms with van der Waals surface area (Å²) in [5.41, 5.74) is -0.828. The fraction of sp³-hybridized carbons (Fsp3) is 0.889. The Bertz CT molecular complexity index is 378. The molecule has 0 aromatic rings. The molecule has 0 saturated carbocycles. The van der Waals surface area contributed by atoms with Crippen LogP contribution in [0.3, 0.4) is 0 Å². The van der Waals surface area contributed by atoms with Crippen molar-refractivity contribution in [3.8, 4) is 0 Å². The Hall–Kier alpha value is -0.620. The van der Waals surface area contributed by atoms with Gasteiger partial charge in [0.05, 0.1) is 24.0 Å². The third-order valence-corrected chi connectivity index (χ3v) is 5.14. The molecule has 1 N–H and O–H groups in total. The Morgan fingerprint density at radius 3 is 2.93 bits per heavy atom. The van der Waals surface area contributed by atoms with Gasteiger partial charge in [-0.1, -0.05) is 0 Å². The average Bonchev–Trinajstić information content (AvgIpc) is 2.47. The fourth-order valence-electron chi connectivity index (χ4n) is 2.65. The molecule has 2 unspecified atom stereocenters. The zero-order valence-corrected chi connectivity index (χ0v) is 9.47. The van der Waals surface area contributed by atoms with Gasteiger partial charge in [-0.3, -0.25) is 4.79 Å². The summed E-state index contributed by atoms with van der Waals surface area (Å²) in [7, 11) is -1.79. The van der Waals surface area contributed by atoms with Crippen LogP contribution in [0.25, 0.3) is 0 Å². The number of piperidine rings is 1. The highest BCUT2D eigenvalue weighted by atomic mass is 32.2. The summed E-state index contributed by atoms with van der Waals surface area (Å²) in [6.45, 7) is 0.777. The lowest BCUT2D eigenvalue weighted by Crippen LogP contribution is -2.53. The normalized spacial score (nSPS) is 38.3.